The Morgan fingerprint density at radius 3 is 2.89 bits per heavy atom. The van der Waals surface area contributed by atoms with Crippen LogP contribution in [-0.2, 0) is 0 Å². The van der Waals surface area contributed by atoms with Crippen molar-refractivity contribution in [2.24, 2.45) is 0 Å². The molecular formula is C15H22N2OS. The summed E-state index contributed by atoms with van der Waals surface area (Å²) in [4.78, 5) is 15.9. The van der Waals surface area contributed by atoms with Gasteiger partial charge in [0.1, 0.15) is 0 Å². The van der Waals surface area contributed by atoms with E-state index in [1.807, 2.05) is 30.5 Å². The van der Waals surface area contributed by atoms with Crippen LogP contribution >= 0.6 is 11.8 Å². The van der Waals surface area contributed by atoms with E-state index in [0.717, 1.165) is 42.9 Å². The Bertz CT molecular complexity index is 430. The van der Waals surface area contributed by atoms with E-state index in [1.54, 1.807) is 11.8 Å². The second kappa shape index (κ2) is 6.96. The SMILES string of the molecule is CCCN(C(=O)c1ccccc1SC)[C@H]1CCNC1. The Balaban J connectivity index is 2.22. The van der Waals surface area contributed by atoms with Crippen molar-refractivity contribution in [1.29, 1.82) is 0 Å². The number of amides is 1. The van der Waals surface area contributed by atoms with Crippen LogP contribution in [0.25, 0.3) is 0 Å². The number of thioether (sulfide) groups is 1. The summed E-state index contributed by atoms with van der Waals surface area (Å²) in [5, 5.41) is 3.35. The van der Waals surface area contributed by atoms with E-state index >= 15 is 0 Å². The van der Waals surface area contributed by atoms with Gasteiger partial charge in [-0.05, 0) is 37.8 Å². The first-order valence-corrected chi connectivity index (χ1v) is 8.15. The lowest BCUT2D eigenvalue weighted by Crippen LogP contribution is -2.42. The second-order valence-electron chi connectivity index (χ2n) is 4.85. The van der Waals surface area contributed by atoms with Gasteiger partial charge >= 0.3 is 0 Å². The molecule has 4 heteroatoms. The summed E-state index contributed by atoms with van der Waals surface area (Å²) in [5.41, 5.74) is 0.843. The third-order valence-electron chi connectivity index (χ3n) is 3.54. The highest BCUT2D eigenvalue weighted by molar-refractivity contribution is 7.98. The van der Waals surface area contributed by atoms with Crippen LogP contribution in [0.15, 0.2) is 29.2 Å². The molecule has 0 unspecified atom stereocenters. The number of nitrogens with one attached hydrogen (secondary N) is 1. The summed E-state index contributed by atoms with van der Waals surface area (Å²) in [6.45, 7) is 4.91. The molecule has 2 rings (SSSR count). The number of hydrogen-bond acceptors (Lipinski definition) is 3. The molecule has 0 bridgehead atoms. The van der Waals surface area contributed by atoms with Gasteiger partial charge in [-0.2, -0.15) is 0 Å². The average Bonchev–Trinajstić information content (AvgIpc) is 2.98. The van der Waals surface area contributed by atoms with Gasteiger partial charge in [0.15, 0.2) is 0 Å². The van der Waals surface area contributed by atoms with Crippen molar-refractivity contribution >= 4 is 17.7 Å². The lowest BCUT2D eigenvalue weighted by atomic mass is 10.1. The molecule has 1 amide bonds. The Hall–Kier alpha value is -1.00. The number of benzene rings is 1. The van der Waals surface area contributed by atoms with Gasteiger partial charge in [-0.1, -0.05) is 19.1 Å². The maximum atomic E-state index is 12.8. The maximum Gasteiger partial charge on any atom is 0.255 e. The molecule has 1 aliphatic heterocycles. The van der Waals surface area contributed by atoms with Gasteiger partial charge in [0.25, 0.3) is 5.91 Å². The number of nitrogens with zero attached hydrogens (tertiary/aromatic N) is 1. The molecule has 1 aromatic rings. The minimum absolute atomic E-state index is 0.181. The van der Waals surface area contributed by atoms with E-state index in [2.05, 4.69) is 17.1 Å². The van der Waals surface area contributed by atoms with Crippen molar-refractivity contribution in [3.8, 4) is 0 Å². The van der Waals surface area contributed by atoms with E-state index in [0.29, 0.717) is 6.04 Å². The molecule has 1 aliphatic rings. The van der Waals surface area contributed by atoms with Crippen LogP contribution in [0.5, 0.6) is 0 Å². The van der Waals surface area contributed by atoms with Crippen molar-refractivity contribution in [2.45, 2.75) is 30.7 Å². The fourth-order valence-corrected chi connectivity index (χ4v) is 3.16. The number of carbonyl (C=O) groups is 1. The van der Waals surface area contributed by atoms with E-state index in [1.165, 1.54) is 0 Å². The van der Waals surface area contributed by atoms with Gasteiger partial charge in [-0.3, -0.25) is 4.79 Å². The molecule has 1 heterocycles. The largest absolute Gasteiger partial charge is 0.334 e. The normalized spacial score (nSPS) is 18.5. The molecular weight excluding hydrogens is 256 g/mol. The van der Waals surface area contributed by atoms with Crippen LogP contribution in [0.1, 0.15) is 30.1 Å². The predicted molar refractivity (Wildman–Crippen MR) is 80.8 cm³/mol. The Labute approximate surface area is 119 Å². The molecule has 1 fully saturated rings. The van der Waals surface area contributed by atoms with Crippen molar-refractivity contribution in [3.63, 3.8) is 0 Å². The van der Waals surface area contributed by atoms with Crippen molar-refractivity contribution < 1.29 is 4.79 Å². The van der Waals surface area contributed by atoms with Gasteiger partial charge < -0.3 is 10.2 Å². The molecule has 19 heavy (non-hydrogen) atoms. The highest BCUT2D eigenvalue weighted by atomic mass is 32.2. The third kappa shape index (κ3) is 3.31. The molecule has 1 atom stereocenters. The highest BCUT2D eigenvalue weighted by Crippen LogP contribution is 2.23. The fraction of sp³-hybridized carbons (Fsp3) is 0.533. The molecule has 3 nitrogen and oxygen atoms in total. The monoisotopic (exact) mass is 278 g/mol. The Kier molecular flexibility index (Phi) is 5.28. The smallest absolute Gasteiger partial charge is 0.255 e. The molecule has 1 N–H and O–H groups in total. The standard InChI is InChI=1S/C15H22N2OS/c1-3-10-17(12-8-9-16-11-12)15(18)13-6-4-5-7-14(13)19-2/h4-7,12,16H,3,8-11H2,1-2H3/t12-/m0/s1. The van der Waals surface area contributed by atoms with Crippen LogP contribution in [0, 0.1) is 0 Å². The molecule has 0 saturated carbocycles. The minimum atomic E-state index is 0.181. The highest BCUT2D eigenvalue weighted by Gasteiger charge is 2.27. The Morgan fingerprint density at radius 1 is 1.47 bits per heavy atom. The average molecular weight is 278 g/mol. The first-order valence-electron chi connectivity index (χ1n) is 6.92. The molecule has 0 aliphatic carbocycles. The zero-order valence-electron chi connectivity index (χ0n) is 11.7. The van der Waals surface area contributed by atoms with E-state index in [4.69, 9.17) is 0 Å². The first kappa shape index (κ1) is 14.4. The van der Waals surface area contributed by atoms with Crippen molar-refractivity contribution in [1.82, 2.24) is 10.2 Å². The lowest BCUT2D eigenvalue weighted by molar-refractivity contribution is 0.0688. The summed E-state index contributed by atoms with van der Waals surface area (Å²) >= 11 is 1.64. The summed E-state index contributed by atoms with van der Waals surface area (Å²) < 4.78 is 0. The number of rotatable bonds is 5. The zero-order valence-corrected chi connectivity index (χ0v) is 12.5. The molecule has 0 spiro atoms. The van der Waals surface area contributed by atoms with Gasteiger partial charge in [-0.15, -0.1) is 11.8 Å². The predicted octanol–water partition coefficient (Wildman–Crippen LogP) is 2.62. The third-order valence-corrected chi connectivity index (χ3v) is 4.33. The van der Waals surface area contributed by atoms with Crippen LogP contribution < -0.4 is 5.32 Å². The van der Waals surface area contributed by atoms with E-state index in [9.17, 15) is 4.79 Å². The zero-order chi connectivity index (χ0) is 13.7. The Morgan fingerprint density at radius 2 is 2.26 bits per heavy atom. The molecule has 0 aromatic heterocycles. The second-order valence-corrected chi connectivity index (χ2v) is 5.69. The van der Waals surface area contributed by atoms with Gasteiger partial charge in [0, 0.05) is 24.0 Å². The van der Waals surface area contributed by atoms with Crippen LogP contribution in [0.3, 0.4) is 0 Å². The molecule has 104 valence electrons. The van der Waals surface area contributed by atoms with Gasteiger partial charge in [0.2, 0.25) is 0 Å². The summed E-state index contributed by atoms with van der Waals surface area (Å²) in [5.74, 6) is 0.181. The molecule has 1 aromatic carbocycles. The van der Waals surface area contributed by atoms with Crippen LogP contribution in [0.4, 0.5) is 0 Å². The minimum Gasteiger partial charge on any atom is -0.334 e. The fourth-order valence-electron chi connectivity index (χ4n) is 2.57. The lowest BCUT2D eigenvalue weighted by Gasteiger charge is -2.29. The van der Waals surface area contributed by atoms with Crippen molar-refractivity contribution in [3.05, 3.63) is 29.8 Å². The van der Waals surface area contributed by atoms with Crippen LogP contribution in [0.2, 0.25) is 0 Å². The number of carbonyl (C=O) groups excluding carboxylic acids is 1. The molecule has 1 saturated heterocycles. The summed E-state index contributed by atoms with van der Waals surface area (Å²) in [6, 6.07) is 8.25. The quantitative estimate of drug-likeness (QED) is 0.840. The first-order chi connectivity index (χ1) is 9.27. The van der Waals surface area contributed by atoms with E-state index in [-0.39, 0.29) is 5.91 Å². The maximum absolute atomic E-state index is 12.8. The van der Waals surface area contributed by atoms with E-state index < -0.39 is 0 Å². The van der Waals surface area contributed by atoms with Gasteiger partial charge in [-0.25, -0.2) is 0 Å². The van der Waals surface area contributed by atoms with Crippen LogP contribution in [-0.4, -0.2) is 42.7 Å². The van der Waals surface area contributed by atoms with Crippen molar-refractivity contribution in [2.75, 3.05) is 25.9 Å². The summed E-state index contributed by atoms with van der Waals surface area (Å²) in [7, 11) is 0. The van der Waals surface area contributed by atoms with Gasteiger partial charge in [0.05, 0.1) is 5.56 Å². The molecule has 0 radical (unpaired) electrons. The number of hydrogen-bond donors (Lipinski definition) is 1. The topological polar surface area (TPSA) is 32.3 Å². The summed E-state index contributed by atoms with van der Waals surface area (Å²) in [6.07, 6.45) is 4.09.